The molecule has 0 atom stereocenters. The summed E-state index contributed by atoms with van der Waals surface area (Å²) >= 11 is 0. The molecule has 0 aromatic carbocycles. The van der Waals surface area contributed by atoms with E-state index in [-0.39, 0.29) is 108 Å². The molecular formula is H23CaClO10. The van der Waals surface area contributed by atoms with Crippen LogP contribution < -0.4 is 0 Å². The monoisotopic (exact) mass is 258 g/mol. The molecule has 12 heavy (non-hydrogen) atoms. The molecule has 0 radical (unpaired) electrons. The number of hydrogen-bond acceptors (Lipinski definition) is 0. The predicted molar refractivity (Wildman–Crippen MR) is 51.4 cm³/mol. The summed E-state index contributed by atoms with van der Waals surface area (Å²) < 4.78 is 0. The topological polar surface area (TPSA) is 315 Å². The van der Waals surface area contributed by atoms with Crippen molar-refractivity contribution in [3.63, 3.8) is 0 Å². The molecule has 0 saturated carbocycles. The van der Waals surface area contributed by atoms with Gasteiger partial charge in [0.25, 0.3) is 0 Å². The van der Waals surface area contributed by atoms with Crippen LogP contribution in [0.25, 0.3) is 0 Å². The molecule has 92 valence electrons. The Kier molecular flexibility index (Phi) is 140000. The van der Waals surface area contributed by atoms with Gasteiger partial charge < -0.3 is 57.6 Å². The third kappa shape index (κ3) is 869. The summed E-state index contributed by atoms with van der Waals surface area (Å²) in [5, 5.41) is 0. The molecule has 0 spiro atoms. The second-order valence-corrected chi connectivity index (χ2v) is 0. The molecule has 20 N–H and O–H groups in total. The van der Waals surface area contributed by atoms with Crippen LogP contribution in [0.2, 0.25) is 0 Å². The van der Waals surface area contributed by atoms with Crippen molar-refractivity contribution in [2.45, 2.75) is 0 Å². The van der Waals surface area contributed by atoms with Gasteiger partial charge in [-0.15, -0.1) is 12.4 Å². The molecule has 10 nitrogen and oxygen atoms in total. The van der Waals surface area contributed by atoms with E-state index >= 15 is 0 Å². The van der Waals surface area contributed by atoms with Crippen molar-refractivity contribution < 1.29 is 57.6 Å². The standard InChI is InChI=1S/Ca.ClH.10H2O.2H/h;1H;10*1H2;;/q+2;;;;;;;;;;;;2*-1. The van der Waals surface area contributed by atoms with Crippen molar-refractivity contribution in [1.82, 2.24) is 0 Å². The molecule has 0 heterocycles. The molecular weight excluding hydrogens is 236 g/mol. The van der Waals surface area contributed by atoms with E-state index in [1.165, 1.54) is 0 Å². The van der Waals surface area contributed by atoms with Crippen LogP contribution >= 0.6 is 12.4 Å². The average Bonchev–Trinajstić information content (AvgIpc) is 0. The summed E-state index contributed by atoms with van der Waals surface area (Å²) in [4.78, 5) is 0. The first kappa shape index (κ1) is 1470. The molecule has 0 saturated heterocycles. The molecule has 0 fully saturated rings. The van der Waals surface area contributed by atoms with Crippen LogP contribution in [0.5, 0.6) is 0 Å². The van der Waals surface area contributed by atoms with Gasteiger partial charge >= 0.3 is 37.7 Å². The van der Waals surface area contributed by atoms with Crippen molar-refractivity contribution >= 4 is 50.1 Å². The third-order valence-corrected chi connectivity index (χ3v) is 0. The Labute approximate surface area is 107 Å². The van der Waals surface area contributed by atoms with Gasteiger partial charge in [-0.1, -0.05) is 0 Å². The Morgan fingerprint density at radius 3 is 0.333 bits per heavy atom. The minimum Gasteiger partial charge on any atom is -1.00 e. The van der Waals surface area contributed by atoms with Crippen LogP contribution in [0, 0.1) is 0 Å². The van der Waals surface area contributed by atoms with E-state index in [9.17, 15) is 0 Å². The van der Waals surface area contributed by atoms with Gasteiger partial charge in [0.1, 0.15) is 0 Å². The van der Waals surface area contributed by atoms with Crippen LogP contribution in [0.3, 0.4) is 0 Å². The normalized spacial score (nSPS) is 0. The molecule has 0 unspecified atom stereocenters. The van der Waals surface area contributed by atoms with E-state index in [1.54, 1.807) is 0 Å². The maximum Gasteiger partial charge on any atom is 2.00 e. The fourth-order valence-electron chi connectivity index (χ4n) is 0. The smallest absolute Gasteiger partial charge is 1.00 e. The quantitative estimate of drug-likeness (QED) is 0.365. The van der Waals surface area contributed by atoms with Crippen molar-refractivity contribution in [3.05, 3.63) is 0 Å². The van der Waals surface area contributed by atoms with Crippen molar-refractivity contribution in [1.29, 1.82) is 0 Å². The fourth-order valence-corrected chi connectivity index (χ4v) is 0. The molecule has 12 heteroatoms. The minimum atomic E-state index is 0. The van der Waals surface area contributed by atoms with Crippen LogP contribution in [0.4, 0.5) is 0 Å². The second-order valence-electron chi connectivity index (χ2n) is 0. The summed E-state index contributed by atoms with van der Waals surface area (Å²) in [5.74, 6) is 0. The first-order valence-corrected chi connectivity index (χ1v) is 0. The van der Waals surface area contributed by atoms with Crippen molar-refractivity contribution in [3.8, 4) is 0 Å². The molecule has 0 rings (SSSR count). The first-order chi connectivity index (χ1) is 0. The van der Waals surface area contributed by atoms with E-state index in [4.69, 9.17) is 0 Å². The SMILES string of the molecule is Cl.O.O.O.O.O.O.O.O.O.O.[Ca+2].[H-].[H-]. The van der Waals surface area contributed by atoms with E-state index in [0.717, 1.165) is 0 Å². The largest absolute Gasteiger partial charge is 2.00 e. The van der Waals surface area contributed by atoms with E-state index in [0.29, 0.717) is 0 Å². The van der Waals surface area contributed by atoms with Gasteiger partial charge in [0.15, 0.2) is 0 Å². The van der Waals surface area contributed by atoms with E-state index < -0.39 is 0 Å². The second kappa shape index (κ2) is 1140. The number of hydrogen-bond donors (Lipinski definition) is 0. The summed E-state index contributed by atoms with van der Waals surface area (Å²) in [7, 11) is 0. The molecule has 0 aliphatic carbocycles. The minimum absolute atomic E-state index is 0. The molecule has 0 aliphatic heterocycles. The van der Waals surface area contributed by atoms with Crippen molar-refractivity contribution in [2.24, 2.45) is 0 Å². The van der Waals surface area contributed by atoms with E-state index in [1.807, 2.05) is 0 Å². The Morgan fingerprint density at radius 2 is 0.333 bits per heavy atom. The summed E-state index contributed by atoms with van der Waals surface area (Å²) in [6.07, 6.45) is 0. The predicted octanol–water partition coefficient (Wildman–Crippen LogP) is -7.98. The summed E-state index contributed by atoms with van der Waals surface area (Å²) in [6, 6.07) is 0. The average molecular weight is 259 g/mol. The zero-order chi connectivity index (χ0) is 0. The Bertz CT molecular complexity index is 18.1. The van der Waals surface area contributed by atoms with Gasteiger partial charge in [0.2, 0.25) is 0 Å². The van der Waals surface area contributed by atoms with Crippen LogP contribution in [-0.4, -0.2) is 92.5 Å². The molecule has 0 bridgehead atoms. The molecule has 0 aliphatic rings. The number of halogens is 1. The Morgan fingerprint density at radius 1 is 0.333 bits per heavy atom. The van der Waals surface area contributed by atoms with Crippen LogP contribution in [0.1, 0.15) is 2.85 Å². The number of rotatable bonds is 0. The first-order valence-electron chi connectivity index (χ1n) is 0. The van der Waals surface area contributed by atoms with E-state index in [2.05, 4.69) is 0 Å². The fraction of sp³-hybridized carbons (Fsp3) is 0. The summed E-state index contributed by atoms with van der Waals surface area (Å²) in [5.41, 5.74) is 0. The van der Waals surface area contributed by atoms with Gasteiger partial charge in [-0.25, -0.2) is 0 Å². The Hall–Kier alpha value is 1.15. The molecule has 0 aromatic rings. The third-order valence-electron chi connectivity index (χ3n) is 0. The zero-order valence-electron chi connectivity index (χ0n) is 8.12. The Balaban J connectivity index is 0. The maximum atomic E-state index is 0. The molecule has 0 aromatic heterocycles. The molecule has 0 amide bonds. The van der Waals surface area contributed by atoms with Crippen LogP contribution in [-0.2, 0) is 0 Å². The maximum absolute atomic E-state index is 0. The van der Waals surface area contributed by atoms with Gasteiger partial charge in [-0.05, 0) is 0 Å². The summed E-state index contributed by atoms with van der Waals surface area (Å²) in [6.45, 7) is 0. The zero-order valence-corrected chi connectivity index (χ0v) is 9.14. The van der Waals surface area contributed by atoms with Crippen molar-refractivity contribution in [2.75, 3.05) is 0 Å². The van der Waals surface area contributed by atoms with Gasteiger partial charge in [0, 0.05) is 0 Å². The van der Waals surface area contributed by atoms with Gasteiger partial charge in [0.05, 0.1) is 0 Å². The van der Waals surface area contributed by atoms with Crippen LogP contribution in [0.15, 0.2) is 0 Å². The van der Waals surface area contributed by atoms with Gasteiger partial charge in [-0.3, -0.25) is 0 Å². The van der Waals surface area contributed by atoms with Gasteiger partial charge in [-0.2, -0.15) is 0 Å².